The number of carbonyl (C=O) groups is 1. The van der Waals surface area contributed by atoms with E-state index in [2.05, 4.69) is 16.7 Å². The number of carbonyl (C=O) groups excluding carboxylic acids is 1. The van der Waals surface area contributed by atoms with Crippen molar-refractivity contribution in [1.29, 1.82) is 0 Å². The highest BCUT2D eigenvalue weighted by Gasteiger charge is 2.27. The number of aryl methyl sites for hydroxylation is 1. The molecule has 0 unspecified atom stereocenters. The quantitative estimate of drug-likeness (QED) is 0.791. The van der Waals surface area contributed by atoms with Gasteiger partial charge in [-0.2, -0.15) is 4.98 Å². The molecule has 122 valence electrons. The van der Waals surface area contributed by atoms with Crippen LogP contribution in [0, 0.1) is 12.3 Å². The first-order chi connectivity index (χ1) is 10.8. The summed E-state index contributed by atoms with van der Waals surface area (Å²) in [6.45, 7) is 12.1. The number of hydrogen-bond donors (Lipinski definition) is 0. The van der Waals surface area contributed by atoms with Crippen molar-refractivity contribution in [3.05, 3.63) is 48.4 Å². The molecule has 1 aromatic heterocycles. The molecule has 1 heterocycles. The predicted molar refractivity (Wildman–Crippen MR) is 89.5 cm³/mol. The van der Waals surface area contributed by atoms with Crippen LogP contribution in [0.3, 0.4) is 0 Å². The van der Waals surface area contributed by atoms with Crippen LogP contribution in [0.15, 0.2) is 41.4 Å². The van der Waals surface area contributed by atoms with E-state index in [1.54, 1.807) is 11.0 Å². The number of nitrogens with zero attached hydrogens (tertiary/aromatic N) is 3. The fraction of sp³-hybridized carbons (Fsp3) is 0.389. The standard InChI is InChI=1S/C18H23N3O2/c1-6-11-21(17(22)18(3,4)5)12-15-19-16(20-23-15)14-9-7-13(2)8-10-14/h6-10H,1,11-12H2,2-5H3. The molecule has 0 saturated heterocycles. The number of aromatic nitrogens is 2. The third kappa shape index (κ3) is 4.28. The van der Waals surface area contributed by atoms with E-state index < -0.39 is 5.41 Å². The zero-order valence-corrected chi connectivity index (χ0v) is 14.2. The van der Waals surface area contributed by atoms with Gasteiger partial charge in [0.15, 0.2) is 0 Å². The summed E-state index contributed by atoms with van der Waals surface area (Å²) in [4.78, 5) is 18.5. The Kier molecular flexibility index (Phi) is 4.98. The Morgan fingerprint density at radius 2 is 1.96 bits per heavy atom. The molecular weight excluding hydrogens is 290 g/mol. The van der Waals surface area contributed by atoms with E-state index >= 15 is 0 Å². The van der Waals surface area contributed by atoms with Gasteiger partial charge in [-0.05, 0) is 6.92 Å². The van der Waals surface area contributed by atoms with Gasteiger partial charge in [0.05, 0.1) is 0 Å². The lowest BCUT2D eigenvalue weighted by Crippen LogP contribution is -2.39. The van der Waals surface area contributed by atoms with Gasteiger partial charge in [-0.1, -0.05) is 61.8 Å². The number of rotatable bonds is 5. The molecule has 5 nitrogen and oxygen atoms in total. The Balaban J connectivity index is 2.17. The fourth-order valence-corrected chi connectivity index (χ4v) is 2.15. The molecule has 0 radical (unpaired) electrons. The van der Waals surface area contributed by atoms with Crippen LogP contribution in [-0.4, -0.2) is 27.5 Å². The highest BCUT2D eigenvalue weighted by Crippen LogP contribution is 2.20. The second-order valence-electron chi connectivity index (χ2n) is 6.60. The molecule has 0 saturated carbocycles. The van der Waals surface area contributed by atoms with Gasteiger partial charge in [-0.15, -0.1) is 6.58 Å². The van der Waals surface area contributed by atoms with Crippen LogP contribution in [0.4, 0.5) is 0 Å². The molecule has 0 aliphatic rings. The summed E-state index contributed by atoms with van der Waals surface area (Å²) in [5.74, 6) is 0.967. The van der Waals surface area contributed by atoms with Crippen LogP contribution in [0.5, 0.6) is 0 Å². The molecule has 0 N–H and O–H groups in total. The molecule has 2 rings (SSSR count). The Morgan fingerprint density at radius 3 is 2.52 bits per heavy atom. The average molecular weight is 313 g/mol. The third-order valence-electron chi connectivity index (χ3n) is 3.38. The Hall–Kier alpha value is -2.43. The summed E-state index contributed by atoms with van der Waals surface area (Å²) >= 11 is 0. The van der Waals surface area contributed by atoms with Gasteiger partial charge in [0, 0.05) is 17.5 Å². The van der Waals surface area contributed by atoms with Crippen LogP contribution in [0.25, 0.3) is 11.4 Å². The van der Waals surface area contributed by atoms with E-state index in [0.717, 1.165) is 5.56 Å². The van der Waals surface area contributed by atoms with E-state index in [-0.39, 0.29) is 12.5 Å². The van der Waals surface area contributed by atoms with Gasteiger partial charge in [0.25, 0.3) is 0 Å². The lowest BCUT2D eigenvalue weighted by Gasteiger charge is -2.27. The van der Waals surface area contributed by atoms with E-state index in [1.807, 2.05) is 52.0 Å². The monoisotopic (exact) mass is 313 g/mol. The average Bonchev–Trinajstić information content (AvgIpc) is 2.94. The molecule has 0 bridgehead atoms. The van der Waals surface area contributed by atoms with Gasteiger partial charge < -0.3 is 9.42 Å². The Bertz CT molecular complexity index is 681. The van der Waals surface area contributed by atoms with Gasteiger partial charge >= 0.3 is 0 Å². The first kappa shape index (κ1) is 16.9. The minimum atomic E-state index is -0.469. The SMILES string of the molecule is C=CCN(Cc1nc(-c2ccc(C)cc2)no1)C(=O)C(C)(C)C. The lowest BCUT2D eigenvalue weighted by molar-refractivity contribution is -0.139. The van der Waals surface area contributed by atoms with Crippen molar-refractivity contribution in [2.45, 2.75) is 34.2 Å². The first-order valence-electron chi connectivity index (χ1n) is 7.61. The molecule has 23 heavy (non-hydrogen) atoms. The number of amides is 1. The molecule has 0 fully saturated rings. The van der Waals surface area contributed by atoms with Gasteiger partial charge in [-0.3, -0.25) is 4.79 Å². The molecule has 0 spiro atoms. The molecule has 2 aromatic rings. The maximum Gasteiger partial charge on any atom is 0.246 e. The van der Waals surface area contributed by atoms with Gasteiger partial charge in [-0.25, -0.2) is 0 Å². The van der Waals surface area contributed by atoms with E-state index in [9.17, 15) is 4.79 Å². The summed E-state index contributed by atoms with van der Waals surface area (Å²) in [6, 6.07) is 7.90. The molecule has 5 heteroatoms. The molecule has 0 atom stereocenters. The van der Waals surface area contributed by atoms with Gasteiger partial charge in [0.2, 0.25) is 17.6 Å². The lowest BCUT2D eigenvalue weighted by atomic mass is 9.94. The smallest absolute Gasteiger partial charge is 0.246 e. The number of benzene rings is 1. The van der Waals surface area contributed by atoms with Crippen LogP contribution in [-0.2, 0) is 11.3 Å². The molecule has 0 aliphatic carbocycles. The topological polar surface area (TPSA) is 59.2 Å². The minimum Gasteiger partial charge on any atom is -0.337 e. The zero-order valence-electron chi connectivity index (χ0n) is 14.2. The van der Waals surface area contributed by atoms with E-state index in [0.29, 0.717) is 18.3 Å². The van der Waals surface area contributed by atoms with Crippen molar-refractivity contribution in [1.82, 2.24) is 15.0 Å². The highest BCUT2D eigenvalue weighted by molar-refractivity contribution is 5.81. The van der Waals surface area contributed by atoms with Crippen LogP contribution in [0.1, 0.15) is 32.2 Å². The molecule has 1 aromatic carbocycles. The van der Waals surface area contributed by atoms with Crippen molar-refractivity contribution in [2.24, 2.45) is 5.41 Å². The summed E-state index contributed by atoms with van der Waals surface area (Å²) in [6.07, 6.45) is 1.70. The van der Waals surface area contributed by atoms with Crippen molar-refractivity contribution in [2.75, 3.05) is 6.54 Å². The first-order valence-corrected chi connectivity index (χ1v) is 7.61. The van der Waals surface area contributed by atoms with Crippen LogP contribution in [0.2, 0.25) is 0 Å². The number of hydrogen-bond acceptors (Lipinski definition) is 4. The predicted octanol–water partition coefficient (Wildman–Crippen LogP) is 3.61. The molecule has 1 amide bonds. The second-order valence-corrected chi connectivity index (χ2v) is 6.60. The van der Waals surface area contributed by atoms with Crippen LogP contribution < -0.4 is 0 Å². The fourth-order valence-electron chi connectivity index (χ4n) is 2.15. The summed E-state index contributed by atoms with van der Waals surface area (Å²) in [5.41, 5.74) is 1.59. The summed E-state index contributed by atoms with van der Waals surface area (Å²) < 4.78 is 5.30. The second kappa shape index (κ2) is 6.77. The maximum atomic E-state index is 12.5. The van der Waals surface area contributed by atoms with Crippen molar-refractivity contribution in [3.8, 4) is 11.4 Å². The molecular formula is C18H23N3O2. The van der Waals surface area contributed by atoms with Crippen molar-refractivity contribution in [3.63, 3.8) is 0 Å². The summed E-state index contributed by atoms with van der Waals surface area (Å²) in [7, 11) is 0. The van der Waals surface area contributed by atoms with Gasteiger partial charge in [0.1, 0.15) is 6.54 Å². The Morgan fingerprint density at radius 1 is 1.30 bits per heavy atom. The van der Waals surface area contributed by atoms with Crippen molar-refractivity contribution >= 4 is 5.91 Å². The van der Waals surface area contributed by atoms with Crippen LogP contribution >= 0.6 is 0 Å². The van der Waals surface area contributed by atoms with E-state index in [4.69, 9.17) is 4.52 Å². The van der Waals surface area contributed by atoms with E-state index in [1.165, 1.54) is 5.56 Å². The normalized spacial score (nSPS) is 11.3. The third-order valence-corrected chi connectivity index (χ3v) is 3.38. The Labute approximate surface area is 137 Å². The molecule has 0 aliphatic heterocycles. The minimum absolute atomic E-state index is 0.0208. The van der Waals surface area contributed by atoms with Crippen molar-refractivity contribution < 1.29 is 9.32 Å². The highest BCUT2D eigenvalue weighted by atomic mass is 16.5. The zero-order chi connectivity index (χ0) is 17.0. The summed E-state index contributed by atoms with van der Waals surface area (Å²) in [5, 5.41) is 4.00. The maximum absolute atomic E-state index is 12.5. The largest absolute Gasteiger partial charge is 0.337 e.